The molecule has 0 radical (unpaired) electrons. The van der Waals surface area contributed by atoms with Crippen LogP contribution in [0.15, 0.2) is 25.0 Å². The van der Waals surface area contributed by atoms with E-state index in [1.54, 1.807) is 0 Å². The highest BCUT2D eigenvalue weighted by Gasteiger charge is 2.31. The fraction of sp³-hybridized carbons (Fsp3) is 0.522. The SMILES string of the molecule is CC(C)CC(NC(=O)C(Cc1cnc[nH]1)NC(=O)C(Cc1cnc[nH]1)NC(=O)C(N)CCC(N)=O)C(=O)O. The molecule has 15 heteroatoms. The predicted molar refractivity (Wildman–Crippen MR) is 134 cm³/mol. The van der Waals surface area contributed by atoms with E-state index in [-0.39, 0.29) is 38.0 Å². The maximum Gasteiger partial charge on any atom is 0.326 e. The number of nitrogens with zero attached hydrogens (tertiary/aromatic N) is 2. The lowest BCUT2D eigenvalue weighted by molar-refractivity contribution is -0.142. The van der Waals surface area contributed by atoms with E-state index in [1.807, 2.05) is 13.8 Å². The van der Waals surface area contributed by atoms with E-state index >= 15 is 0 Å². The second-order valence-electron chi connectivity index (χ2n) is 9.32. The molecule has 0 aromatic carbocycles. The Morgan fingerprint density at radius 2 is 1.34 bits per heavy atom. The van der Waals surface area contributed by atoms with Crippen molar-refractivity contribution in [1.82, 2.24) is 35.9 Å². The minimum Gasteiger partial charge on any atom is -0.480 e. The summed E-state index contributed by atoms with van der Waals surface area (Å²) in [6.45, 7) is 3.64. The van der Waals surface area contributed by atoms with Gasteiger partial charge < -0.3 is 42.5 Å². The number of carboxylic acid groups (broad SMARTS) is 1. The summed E-state index contributed by atoms with van der Waals surface area (Å²) < 4.78 is 0. The summed E-state index contributed by atoms with van der Waals surface area (Å²) >= 11 is 0. The molecule has 10 N–H and O–H groups in total. The summed E-state index contributed by atoms with van der Waals surface area (Å²) in [6.07, 6.45) is 5.77. The molecule has 2 aromatic rings. The molecule has 0 bridgehead atoms. The van der Waals surface area contributed by atoms with Gasteiger partial charge in [0.2, 0.25) is 23.6 Å². The number of nitrogens with two attached hydrogens (primary N) is 2. The van der Waals surface area contributed by atoms with Gasteiger partial charge in [-0.1, -0.05) is 13.8 Å². The molecule has 15 nitrogen and oxygen atoms in total. The van der Waals surface area contributed by atoms with Crippen LogP contribution in [0, 0.1) is 5.92 Å². The number of nitrogens with one attached hydrogen (secondary N) is 5. The lowest BCUT2D eigenvalue weighted by Crippen LogP contribution is -2.58. The molecular formula is C23H35N9O6. The standard InChI is InChI=1S/C23H35N9O6/c1-12(2)5-18(23(37)38)32-22(36)17(7-14-9-27-11-29-14)31-21(35)16(6-13-8-26-10-28-13)30-20(34)15(24)3-4-19(25)33/h8-12,15-18H,3-7,24H2,1-2H3,(H2,25,33)(H,26,28)(H,27,29)(H,30,34)(H,31,35)(H,32,36)(H,37,38). The van der Waals surface area contributed by atoms with Crippen LogP contribution in [0.5, 0.6) is 0 Å². The molecule has 0 aliphatic carbocycles. The number of hydrogen-bond acceptors (Lipinski definition) is 8. The number of amides is 4. The zero-order valence-electron chi connectivity index (χ0n) is 21.3. The molecule has 4 unspecified atom stereocenters. The minimum atomic E-state index is -1.20. The van der Waals surface area contributed by atoms with Gasteiger partial charge >= 0.3 is 5.97 Å². The van der Waals surface area contributed by atoms with Gasteiger partial charge in [-0.2, -0.15) is 0 Å². The minimum absolute atomic E-state index is 0.00943. The third-order valence-electron chi connectivity index (χ3n) is 5.58. The molecule has 0 fully saturated rings. The third-order valence-corrected chi connectivity index (χ3v) is 5.58. The van der Waals surface area contributed by atoms with Crippen LogP contribution in [0.2, 0.25) is 0 Å². The highest BCUT2D eigenvalue weighted by Crippen LogP contribution is 2.08. The fourth-order valence-electron chi connectivity index (χ4n) is 3.60. The van der Waals surface area contributed by atoms with Gasteiger partial charge in [0.15, 0.2) is 0 Å². The van der Waals surface area contributed by atoms with Crippen molar-refractivity contribution in [2.75, 3.05) is 0 Å². The first kappa shape index (κ1) is 30.0. The molecule has 4 atom stereocenters. The largest absolute Gasteiger partial charge is 0.480 e. The van der Waals surface area contributed by atoms with E-state index in [4.69, 9.17) is 11.5 Å². The van der Waals surface area contributed by atoms with E-state index in [0.29, 0.717) is 11.4 Å². The van der Waals surface area contributed by atoms with Crippen molar-refractivity contribution in [2.24, 2.45) is 17.4 Å². The van der Waals surface area contributed by atoms with E-state index in [9.17, 15) is 29.1 Å². The number of aliphatic carboxylic acids is 1. The summed E-state index contributed by atoms with van der Waals surface area (Å²) in [6, 6.07) is -4.63. The molecule has 0 saturated heterocycles. The summed E-state index contributed by atoms with van der Waals surface area (Å²) in [4.78, 5) is 75.3. The van der Waals surface area contributed by atoms with Crippen LogP contribution in [-0.4, -0.2) is 78.8 Å². The second-order valence-corrected chi connectivity index (χ2v) is 9.32. The summed E-state index contributed by atoms with van der Waals surface area (Å²) in [5.41, 5.74) is 12.0. The fourth-order valence-corrected chi connectivity index (χ4v) is 3.60. The first-order valence-electron chi connectivity index (χ1n) is 12.1. The molecule has 2 rings (SSSR count). The normalized spacial score (nSPS) is 14.2. The monoisotopic (exact) mass is 533 g/mol. The van der Waals surface area contributed by atoms with Crippen molar-refractivity contribution in [3.8, 4) is 0 Å². The summed E-state index contributed by atoms with van der Waals surface area (Å²) in [7, 11) is 0. The van der Waals surface area contributed by atoms with Crippen molar-refractivity contribution >= 4 is 29.6 Å². The van der Waals surface area contributed by atoms with Gasteiger partial charge in [-0.3, -0.25) is 19.2 Å². The topological polar surface area (TPSA) is 251 Å². The van der Waals surface area contributed by atoms with E-state index in [2.05, 4.69) is 35.9 Å². The van der Waals surface area contributed by atoms with Crippen molar-refractivity contribution in [3.05, 3.63) is 36.4 Å². The lowest BCUT2D eigenvalue weighted by Gasteiger charge is -2.25. The van der Waals surface area contributed by atoms with Gasteiger partial charge in [0.25, 0.3) is 0 Å². The zero-order valence-corrected chi connectivity index (χ0v) is 21.3. The Balaban J connectivity index is 2.22. The second kappa shape index (κ2) is 14.5. The van der Waals surface area contributed by atoms with Crippen molar-refractivity contribution in [2.45, 2.75) is 70.1 Å². The van der Waals surface area contributed by atoms with Crippen LogP contribution in [0.25, 0.3) is 0 Å². The molecule has 0 saturated carbocycles. The molecule has 208 valence electrons. The van der Waals surface area contributed by atoms with Gasteiger partial charge in [0, 0.05) is 43.0 Å². The number of rotatable bonds is 16. The van der Waals surface area contributed by atoms with E-state index < -0.39 is 53.8 Å². The van der Waals surface area contributed by atoms with Crippen LogP contribution in [0.1, 0.15) is 44.5 Å². The number of hydrogen-bond donors (Lipinski definition) is 8. The Morgan fingerprint density at radius 1 is 0.868 bits per heavy atom. The van der Waals surface area contributed by atoms with Gasteiger partial charge in [-0.15, -0.1) is 0 Å². The quantitative estimate of drug-likeness (QED) is 0.120. The van der Waals surface area contributed by atoms with E-state index in [1.165, 1.54) is 25.0 Å². The van der Waals surface area contributed by atoms with Gasteiger partial charge in [0.05, 0.1) is 18.7 Å². The number of carbonyl (C=O) groups excluding carboxylic acids is 4. The van der Waals surface area contributed by atoms with Gasteiger partial charge in [0.1, 0.15) is 18.1 Å². The first-order chi connectivity index (χ1) is 18.0. The summed E-state index contributed by atoms with van der Waals surface area (Å²) in [5, 5.41) is 17.2. The maximum absolute atomic E-state index is 13.3. The Hall–Kier alpha value is -4.27. The van der Waals surface area contributed by atoms with Crippen molar-refractivity contribution < 1.29 is 29.1 Å². The molecule has 0 aliphatic heterocycles. The van der Waals surface area contributed by atoms with Crippen LogP contribution in [0.4, 0.5) is 0 Å². The Bertz CT molecular complexity index is 1070. The molecule has 4 amide bonds. The van der Waals surface area contributed by atoms with Gasteiger partial charge in [-0.25, -0.2) is 14.8 Å². The average Bonchev–Trinajstić information content (AvgIpc) is 3.55. The van der Waals surface area contributed by atoms with Crippen LogP contribution in [0.3, 0.4) is 0 Å². The number of H-pyrrole nitrogens is 2. The number of primary amides is 1. The average molecular weight is 534 g/mol. The van der Waals surface area contributed by atoms with E-state index in [0.717, 1.165) is 0 Å². The number of carboxylic acids is 1. The summed E-state index contributed by atoms with van der Waals surface area (Å²) in [5.74, 6) is -3.96. The third kappa shape index (κ3) is 10.0. The molecule has 0 aliphatic rings. The number of carbonyl (C=O) groups is 5. The Kier molecular flexibility index (Phi) is 11.4. The lowest BCUT2D eigenvalue weighted by atomic mass is 10.0. The number of aromatic amines is 2. The zero-order chi connectivity index (χ0) is 28.2. The van der Waals surface area contributed by atoms with Crippen molar-refractivity contribution in [1.29, 1.82) is 0 Å². The van der Waals surface area contributed by atoms with Crippen LogP contribution in [-0.2, 0) is 36.8 Å². The molecule has 0 spiro atoms. The number of imidazole rings is 2. The smallest absolute Gasteiger partial charge is 0.326 e. The van der Waals surface area contributed by atoms with Crippen LogP contribution >= 0.6 is 0 Å². The Labute approximate surface area is 218 Å². The number of aromatic nitrogens is 4. The maximum atomic E-state index is 13.3. The highest BCUT2D eigenvalue weighted by molar-refractivity contribution is 5.94. The predicted octanol–water partition coefficient (Wildman–Crippen LogP) is -1.90. The molecular weight excluding hydrogens is 498 g/mol. The Morgan fingerprint density at radius 3 is 1.74 bits per heavy atom. The highest BCUT2D eigenvalue weighted by atomic mass is 16.4. The van der Waals surface area contributed by atoms with Crippen LogP contribution < -0.4 is 27.4 Å². The molecule has 38 heavy (non-hydrogen) atoms. The first-order valence-corrected chi connectivity index (χ1v) is 12.1. The molecule has 2 heterocycles. The van der Waals surface area contributed by atoms with Crippen molar-refractivity contribution in [3.63, 3.8) is 0 Å². The van der Waals surface area contributed by atoms with Gasteiger partial charge in [-0.05, 0) is 18.8 Å². The molecule has 2 aromatic heterocycles.